The van der Waals surface area contributed by atoms with Crippen LogP contribution in [-0.4, -0.2) is 32.6 Å². The predicted molar refractivity (Wildman–Crippen MR) is 88.8 cm³/mol. The van der Waals surface area contributed by atoms with Crippen LogP contribution in [0.15, 0.2) is 47.4 Å². The molecule has 0 heterocycles. The van der Waals surface area contributed by atoms with E-state index in [0.717, 1.165) is 6.07 Å². The molecule has 0 atom stereocenters. The number of benzene rings is 2. The molecular weight excluding hydrogens is 334 g/mol. The zero-order valence-corrected chi connectivity index (χ0v) is 13.4. The molecule has 0 radical (unpaired) electrons. The van der Waals surface area contributed by atoms with E-state index in [2.05, 4.69) is 5.32 Å². The summed E-state index contributed by atoms with van der Waals surface area (Å²) in [6.07, 6.45) is 0. The van der Waals surface area contributed by atoms with Gasteiger partial charge in [-0.2, -0.15) is 0 Å². The number of hydrogen-bond acceptors (Lipinski definition) is 6. The van der Waals surface area contributed by atoms with Crippen LogP contribution in [0.5, 0.6) is 11.5 Å². The molecule has 0 bridgehead atoms. The highest BCUT2D eigenvalue weighted by Gasteiger charge is 2.23. The SMILES string of the molecule is NCCNc1cc(C(=O)O)cc(S(N)(=O)=O)c1Oc1ccccc1. The Balaban J connectivity index is 2.64. The van der Waals surface area contributed by atoms with Crippen molar-refractivity contribution < 1.29 is 23.1 Å². The van der Waals surface area contributed by atoms with E-state index in [1.54, 1.807) is 30.3 Å². The van der Waals surface area contributed by atoms with E-state index in [1.165, 1.54) is 6.07 Å². The fourth-order valence-electron chi connectivity index (χ4n) is 1.99. The Morgan fingerprint density at radius 1 is 1.21 bits per heavy atom. The first-order valence-corrected chi connectivity index (χ1v) is 8.48. The molecule has 2 aromatic rings. The van der Waals surface area contributed by atoms with E-state index in [1.807, 2.05) is 0 Å². The highest BCUT2D eigenvalue weighted by atomic mass is 32.2. The molecule has 9 heteroatoms. The second-order valence-electron chi connectivity index (χ2n) is 4.83. The number of carboxylic acids is 1. The van der Waals surface area contributed by atoms with Crippen molar-refractivity contribution in [3.63, 3.8) is 0 Å². The van der Waals surface area contributed by atoms with Crippen LogP contribution in [0.1, 0.15) is 10.4 Å². The van der Waals surface area contributed by atoms with Crippen LogP contribution < -0.4 is 20.9 Å². The molecule has 0 aliphatic rings. The third kappa shape index (κ3) is 4.22. The van der Waals surface area contributed by atoms with Crippen LogP contribution in [0.2, 0.25) is 0 Å². The maximum absolute atomic E-state index is 11.9. The summed E-state index contributed by atoms with van der Waals surface area (Å²) in [5.74, 6) is -0.995. The fourth-order valence-corrected chi connectivity index (χ4v) is 2.69. The Hall–Kier alpha value is -2.62. The smallest absolute Gasteiger partial charge is 0.335 e. The van der Waals surface area contributed by atoms with Crippen LogP contribution in [0.3, 0.4) is 0 Å². The Morgan fingerprint density at radius 3 is 2.42 bits per heavy atom. The lowest BCUT2D eigenvalue weighted by molar-refractivity contribution is 0.0696. The second-order valence-corrected chi connectivity index (χ2v) is 6.36. The van der Waals surface area contributed by atoms with Gasteiger partial charge in [-0.25, -0.2) is 18.4 Å². The lowest BCUT2D eigenvalue weighted by Gasteiger charge is -2.17. The van der Waals surface area contributed by atoms with Gasteiger partial charge in [0.25, 0.3) is 0 Å². The Morgan fingerprint density at radius 2 is 1.88 bits per heavy atom. The summed E-state index contributed by atoms with van der Waals surface area (Å²) in [6, 6.07) is 10.7. The number of carboxylic acid groups (broad SMARTS) is 1. The largest absolute Gasteiger partial charge is 0.478 e. The molecule has 0 aliphatic heterocycles. The van der Waals surface area contributed by atoms with Crippen LogP contribution >= 0.6 is 0 Å². The zero-order chi connectivity index (χ0) is 17.7. The normalized spacial score (nSPS) is 11.1. The number of sulfonamides is 1. The molecule has 0 aliphatic carbocycles. The van der Waals surface area contributed by atoms with Crippen LogP contribution in [-0.2, 0) is 10.0 Å². The van der Waals surface area contributed by atoms with Crippen molar-refractivity contribution >= 4 is 21.7 Å². The molecule has 6 N–H and O–H groups in total. The number of aromatic carboxylic acids is 1. The molecule has 0 saturated carbocycles. The van der Waals surface area contributed by atoms with Crippen molar-refractivity contribution in [1.82, 2.24) is 0 Å². The summed E-state index contributed by atoms with van der Waals surface area (Å²) in [4.78, 5) is 10.8. The highest BCUT2D eigenvalue weighted by Crippen LogP contribution is 2.37. The van der Waals surface area contributed by atoms with E-state index in [0.29, 0.717) is 5.75 Å². The number of rotatable bonds is 7. The van der Waals surface area contributed by atoms with Gasteiger partial charge in [-0.05, 0) is 24.3 Å². The maximum atomic E-state index is 11.9. The highest BCUT2D eigenvalue weighted by molar-refractivity contribution is 7.89. The van der Waals surface area contributed by atoms with Gasteiger partial charge in [0, 0.05) is 13.1 Å². The van der Waals surface area contributed by atoms with Crippen molar-refractivity contribution in [2.24, 2.45) is 10.9 Å². The maximum Gasteiger partial charge on any atom is 0.335 e. The summed E-state index contributed by atoms with van der Waals surface area (Å²) >= 11 is 0. The molecule has 0 saturated heterocycles. The number of nitrogens with two attached hydrogens (primary N) is 2. The average Bonchev–Trinajstić information content (AvgIpc) is 2.53. The van der Waals surface area contributed by atoms with Crippen molar-refractivity contribution in [2.75, 3.05) is 18.4 Å². The molecule has 2 rings (SSSR count). The van der Waals surface area contributed by atoms with Crippen molar-refractivity contribution in [1.29, 1.82) is 0 Å². The van der Waals surface area contributed by atoms with Gasteiger partial charge in [-0.1, -0.05) is 18.2 Å². The molecule has 0 amide bonds. The van der Waals surface area contributed by atoms with Crippen molar-refractivity contribution in [3.05, 3.63) is 48.0 Å². The number of hydrogen-bond donors (Lipinski definition) is 4. The molecule has 8 nitrogen and oxygen atoms in total. The average molecular weight is 351 g/mol. The first kappa shape index (κ1) is 17.7. The number of primary sulfonamides is 1. The number of nitrogens with one attached hydrogen (secondary N) is 1. The standard InChI is InChI=1S/C15H17N3O5S/c16-6-7-18-12-8-10(15(19)20)9-13(24(17,21)22)14(12)23-11-4-2-1-3-5-11/h1-5,8-9,18H,6-7,16H2,(H,19,20)(H2,17,21,22). The minimum Gasteiger partial charge on any atom is -0.478 e. The summed E-state index contributed by atoms with van der Waals surface area (Å²) in [5.41, 5.74) is 5.38. The summed E-state index contributed by atoms with van der Waals surface area (Å²) in [5, 5.41) is 17.3. The number of anilines is 1. The van der Waals surface area contributed by atoms with E-state index >= 15 is 0 Å². The second kappa shape index (κ2) is 7.30. The van der Waals surface area contributed by atoms with Crippen molar-refractivity contribution in [3.8, 4) is 11.5 Å². The van der Waals surface area contributed by atoms with Crippen LogP contribution in [0.25, 0.3) is 0 Å². The van der Waals surface area contributed by atoms with Gasteiger partial charge in [0.2, 0.25) is 10.0 Å². The first-order valence-electron chi connectivity index (χ1n) is 6.94. The monoisotopic (exact) mass is 351 g/mol. The van der Waals surface area contributed by atoms with E-state index in [-0.39, 0.29) is 30.1 Å². The van der Waals surface area contributed by atoms with Gasteiger partial charge >= 0.3 is 5.97 Å². The predicted octanol–water partition coefficient (Wildman–Crippen LogP) is 1.20. The lowest BCUT2D eigenvalue weighted by Crippen LogP contribution is -2.18. The number of para-hydroxylation sites is 1. The molecule has 24 heavy (non-hydrogen) atoms. The van der Waals surface area contributed by atoms with E-state index < -0.39 is 20.9 Å². The number of ether oxygens (including phenoxy) is 1. The minimum absolute atomic E-state index is 0.0813. The summed E-state index contributed by atoms with van der Waals surface area (Å²) < 4.78 is 29.4. The topological polar surface area (TPSA) is 145 Å². The molecular formula is C15H17N3O5S. The lowest BCUT2D eigenvalue weighted by atomic mass is 10.2. The molecule has 0 unspecified atom stereocenters. The van der Waals surface area contributed by atoms with Gasteiger partial charge in [0.05, 0.1) is 11.3 Å². The summed E-state index contributed by atoms with van der Waals surface area (Å²) in [6.45, 7) is 0.547. The van der Waals surface area contributed by atoms with Crippen LogP contribution in [0, 0.1) is 0 Å². The van der Waals surface area contributed by atoms with Gasteiger partial charge < -0.3 is 20.9 Å². The fraction of sp³-hybridized carbons (Fsp3) is 0.133. The van der Waals surface area contributed by atoms with E-state index in [4.69, 9.17) is 15.6 Å². The molecule has 0 spiro atoms. The van der Waals surface area contributed by atoms with Gasteiger partial charge in [-0.3, -0.25) is 0 Å². The zero-order valence-electron chi connectivity index (χ0n) is 12.6. The number of carbonyl (C=O) groups is 1. The first-order chi connectivity index (χ1) is 11.3. The molecule has 128 valence electrons. The van der Waals surface area contributed by atoms with Crippen molar-refractivity contribution in [2.45, 2.75) is 4.90 Å². The molecule has 0 fully saturated rings. The van der Waals surface area contributed by atoms with Gasteiger partial charge in [-0.15, -0.1) is 0 Å². The Labute approximate surface area is 139 Å². The minimum atomic E-state index is -4.22. The Bertz CT molecular complexity index is 838. The Kier molecular flexibility index (Phi) is 5.39. The molecule has 0 aromatic heterocycles. The third-order valence-electron chi connectivity index (χ3n) is 3.03. The molecule has 2 aromatic carbocycles. The van der Waals surface area contributed by atoms with Gasteiger partial charge in [0.1, 0.15) is 10.6 Å². The summed E-state index contributed by atoms with van der Waals surface area (Å²) in [7, 11) is -4.22. The quantitative estimate of drug-likeness (QED) is 0.586. The van der Waals surface area contributed by atoms with E-state index in [9.17, 15) is 18.3 Å². The third-order valence-corrected chi connectivity index (χ3v) is 3.95. The van der Waals surface area contributed by atoms with Crippen LogP contribution in [0.4, 0.5) is 5.69 Å². The van der Waals surface area contributed by atoms with Gasteiger partial charge in [0.15, 0.2) is 5.75 Å².